The van der Waals surface area contributed by atoms with Crippen LogP contribution in [0.5, 0.6) is 0 Å². The number of aromatic amines is 1. The van der Waals surface area contributed by atoms with Crippen molar-refractivity contribution in [2.75, 3.05) is 26.2 Å². The van der Waals surface area contributed by atoms with Gasteiger partial charge in [0.15, 0.2) is 6.04 Å². The zero-order chi connectivity index (χ0) is 39.5. The summed E-state index contributed by atoms with van der Waals surface area (Å²) < 4.78 is 5.37. The van der Waals surface area contributed by atoms with E-state index in [4.69, 9.17) is 9.57 Å². The van der Waals surface area contributed by atoms with E-state index in [-0.39, 0.29) is 38.0 Å². The first kappa shape index (κ1) is 44.3. The van der Waals surface area contributed by atoms with Crippen LogP contribution in [0.1, 0.15) is 130 Å². The van der Waals surface area contributed by atoms with Gasteiger partial charge in [-0.3, -0.25) is 9.59 Å². The van der Waals surface area contributed by atoms with Gasteiger partial charge in [-0.15, -0.1) is 0 Å². The number of amides is 6. The van der Waals surface area contributed by atoms with Gasteiger partial charge in [0.05, 0.1) is 18.5 Å². The van der Waals surface area contributed by atoms with Crippen LogP contribution in [0, 0.1) is 5.92 Å². The molecule has 16 nitrogen and oxygen atoms in total. The number of nitrogens with zero attached hydrogens (tertiary/aromatic N) is 3. The van der Waals surface area contributed by atoms with Gasteiger partial charge >= 0.3 is 18.2 Å². The fourth-order valence-corrected chi connectivity index (χ4v) is 6.94. The van der Waals surface area contributed by atoms with Gasteiger partial charge < -0.3 is 45.8 Å². The van der Waals surface area contributed by atoms with Gasteiger partial charge in [0.1, 0.15) is 5.60 Å². The summed E-state index contributed by atoms with van der Waals surface area (Å²) in [6.45, 7) is 10.6. The smallest absolute Gasteiger partial charge is 0.434 e. The van der Waals surface area contributed by atoms with Crippen molar-refractivity contribution < 1.29 is 38.7 Å². The molecule has 0 bridgehead atoms. The molecule has 16 heteroatoms. The van der Waals surface area contributed by atoms with Crippen LogP contribution < -0.4 is 21.3 Å². The molecule has 2 heterocycles. The summed E-state index contributed by atoms with van der Waals surface area (Å²) in [6, 6.07) is -2.36. The molecule has 1 aliphatic heterocycles. The second-order valence-corrected chi connectivity index (χ2v) is 15.6. The van der Waals surface area contributed by atoms with E-state index in [9.17, 15) is 29.1 Å². The maximum Gasteiger partial charge on any atom is 0.434 e. The molecule has 1 aromatic heterocycles. The van der Waals surface area contributed by atoms with Crippen LogP contribution in [0.3, 0.4) is 0 Å². The SMILES string of the molecule is CCCCCC(=O)N(OC(=O)N1CCC(NC(=O)OC(C)(C)C)CC1)C(Cc1cnc[nH]1)C(=O)N[C@@H](CC1CCCCC1)[C@@H](O)CCCNC(=O)NCC. The largest absolute Gasteiger partial charge is 0.444 e. The van der Waals surface area contributed by atoms with Crippen molar-refractivity contribution in [1.29, 1.82) is 0 Å². The van der Waals surface area contributed by atoms with Crippen molar-refractivity contribution in [3.63, 3.8) is 0 Å². The number of ether oxygens (including phenoxy) is 1. The number of piperidine rings is 1. The van der Waals surface area contributed by atoms with Gasteiger partial charge in [-0.25, -0.2) is 19.4 Å². The minimum absolute atomic E-state index is 0.0107. The summed E-state index contributed by atoms with van der Waals surface area (Å²) in [6.07, 6.45) is 10.7. The Balaban J connectivity index is 1.79. The number of aliphatic hydroxyl groups is 1. The van der Waals surface area contributed by atoms with Crippen LogP contribution in [0.15, 0.2) is 12.5 Å². The van der Waals surface area contributed by atoms with E-state index in [1.54, 1.807) is 27.0 Å². The van der Waals surface area contributed by atoms with E-state index in [0.717, 1.165) is 50.0 Å². The molecule has 1 aromatic rings. The number of aromatic nitrogens is 2. The molecule has 0 aromatic carbocycles. The number of nitrogens with one attached hydrogen (secondary N) is 5. The Morgan fingerprint density at radius 1 is 1.02 bits per heavy atom. The lowest BCUT2D eigenvalue weighted by molar-refractivity contribution is -0.184. The molecule has 0 spiro atoms. The van der Waals surface area contributed by atoms with E-state index in [1.807, 2.05) is 13.8 Å². The Hall–Kier alpha value is -4.08. The number of unbranched alkanes of at least 4 members (excludes halogenated alkanes) is 2. The molecule has 3 atom stereocenters. The van der Waals surface area contributed by atoms with Crippen molar-refractivity contribution in [2.45, 2.75) is 161 Å². The van der Waals surface area contributed by atoms with Crippen LogP contribution in [0.2, 0.25) is 0 Å². The molecule has 54 heavy (non-hydrogen) atoms. The van der Waals surface area contributed by atoms with Crippen LogP contribution in [-0.2, 0) is 25.6 Å². The van der Waals surface area contributed by atoms with E-state index >= 15 is 0 Å². The molecule has 1 saturated heterocycles. The number of H-pyrrole nitrogens is 1. The van der Waals surface area contributed by atoms with Crippen LogP contribution in [-0.4, -0.2) is 111 Å². The molecular formula is C38H66N8O8. The highest BCUT2D eigenvalue weighted by molar-refractivity contribution is 5.88. The first-order valence-corrected chi connectivity index (χ1v) is 20.0. The number of imidazole rings is 1. The van der Waals surface area contributed by atoms with Gasteiger partial charge in [0.25, 0.3) is 5.91 Å². The Morgan fingerprint density at radius 2 is 1.74 bits per heavy atom. The highest BCUT2D eigenvalue weighted by atomic mass is 16.7. The van der Waals surface area contributed by atoms with Crippen molar-refractivity contribution in [3.05, 3.63) is 18.2 Å². The number of aliphatic hydroxyl groups excluding tert-OH is 1. The molecule has 1 saturated carbocycles. The third kappa shape index (κ3) is 16.1. The zero-order valence-electron chi connectivity index (χ0n) is 33.1. The predicted octanol–water partition coefficient (Wildman–Crippen LogP) is 4.69. The Labute approximate surface area is 320 Å². The highest BCUT2D eigenvalue weighted by Gasteiger charge is 2.38. The lowest BCUT2D eigenvalue weighted by Crippen LogP contribution is -2.57. The number of hydroxylamine groups is 2. The van der Waals surface area contributed by atoms with E-state index in [0.29, 0.717) is 63.2 Å². The average Bonchev–Trinajstić information content (AvgIpc) is 3.64. The van der Waals surface area contributed by atoms with Crippen LogP contribution in [0.25, 0.3) is 0 Å². The summed E-state index contributed by atoms with van der Waals surface area (Å²) in [5.41, 5.74) is -0.0768. The zero-order valence-corrected chi connectivity index (χ0v) is 33.1. The Kier molecular flexibility index (Phi) is 18.9. The van der Waals surface area contributed by atoms with E-state index in [1.165, 1.54) is 11.2 Å². The standard InChI is InChI=1S/C38H66N8O8/c1-6-8-10-17-33(48)46(54-37(52)45-21-18-28(19-22-45)43-36(51)53-38(3,4)5)31(24-29-25-39-26-42-29)34(49)44-30(23-27-14-11-9-12-15-27)32(47)16-13-20-41-35(50)40-7-2/h25-28,30-32,47H,6-24H2,1-5H3,(H,39,42)(H,43,51)(H,44,49)(H2,40,41,50)/t30-,31?,32-/m0/s1. The third-order valence-corrected chi connectivity index (χ3v) is 9.85. The number of carbonyl (C=O) groups is 5. The maximum atomic E-state index is 14.4. The monoisotopic (exact) mass is 763 g/mol. The molecule has 306 valence electrons. The molecule has 1 aliphatic carbocycles. The van der Waals surface area contributed by atoms with Gasteiger partial charge in [-0.1, -0.05) is 51.9 Å². The number of hydrogen-bond acceptors (Lipinski definition) is 9. The van der Waals surface area contributed by atoms with E-state index in [2.05, 4.69) is 31.2 Å². The van der Waals surface area contributed by atoms with Gasteiger partial charge in [-0.05, 0) is 72.1 Å². The summed E-state index contributed by atoms with van der Waals surface area (Å²) in [7, 11) is 0. The number of urea groups is 1. The second-order valence-electron chi connectivity index (χ2n) is 15.6. The second kappa shape index (κ2) is 23.0. The average molecular weight is 763 g/mol. The topological polar surface area (TPSA) is 207 Å². The Bertz CT molecular complexity index is 1290. The first-order chi connectivity index (χ1) is 25.8. The molecule has 2 fully saturated rings. The lowest BCUT2D eigenvalue weighted by atomic mass is 9.83. The van der Waals surface area contributed by atoms with Gasteiger partial charge in [-0.2, -0.15) is 5.06 Å². The van der Waals surface area contributed by atoms with E-state index < -0.39 is 47.8 Å². The van der Waals surface area contributed by atoms with Gasteiger partial charge in [0.2, 0.25) is 5.91 Å². The Morgan fingerprint density at radius 3 is 2.37 bits per heavy atom. The molecule has 1 unspecified atom stereocenters. The highest BCUT2D eigenvalue weighted by Crippen LogP contribution is 2.29. The molecule has 0 radical (unpaired) electrons. The molecule has 6 amide bonds. The van der Waals surface area contributed by atoms with Crippen molar-refractivity contribution in [3.8, 4) is 0 Å². The fourth-order valence-electron chi connectivity index (χ4n) is 6.94. The van der Waals surface area contributed by atoms with Crippen molar-refractivity contribution >= 4 is 30.0 Å². The third-order valence-electron chi connectivity index (χ3n) is 9.85. The summed E-state index contributed by atoms with van der Waals surface area (Å²) in [4.78, 5) is 80.6. The lowest BCUT2D eigenvalue weighted by Gasteiger charge is -2.36. The molecular weight excluding hydrogens is 696 g/mol. The summed E-state index contributed by atoms with van der Waals surface area (Å²) in [5, 5.41) is 23.8. The van der Waals surface area contributed by atoms with Crippen molar-refractivity contribution in [1.82, 2.24) is 41.2 Å². The number of hydrogen-bond donors (Lipinski definition) is 6. The van der Waals surface area contributed by atoms with Gasteiger partial charge in [0, 0.05) is 57.0 Å². The first-order valence-electron chi connectivity index (χ1n) is 20.0. The molecule has 2 aliphatic rings. The minimum atomic E-state index is -1.25. The van der Waals surface area contributed by atoms with Crippen LogP contribution >= 0.6 is 0 Å². The minimum Gasteiger partial charge on any atom is -0.444 e. The number of likely N-dealkylation sites (tertiary alicyclic amines) is 1. The number of alkyl carbamates (subject to hydrolysis) is 1. The van der Waals surface area contributed by atoms with Crippen LogP contribution in [0.4, 0.5) is 14.4 Å². The number of rotatable bonds is 18. The predicted molar refractivity (Wildman–Crippen MR) is 203 cm³/mol. The quantitative estimate of drug-likeness (QED) is 0.0905. The molecule has 6 N–H and O–H groups in total. The maximum absolute atomic E-state index is 14.4. The summed E-state index contributed by atoms with van der Waals surface area (Å²) >= 11 is 0. The molecule has 3 rings (SSSR count). The normalized spacial score (nSPS) is 17.1. The van der Waals surface area contributed by atoms with Crippen molar-refractivity contribution in [2.24, 2.45) is 5.92 Å². The summed E-state index contributed by atoms with van der Waals surface area (Å²) in [5.74, 6) is -0.740. The fraction of sp³-hybridized carbons (Fsp3) is 0.789. The number of carbonyl (C=O) groups excluding carboxylic acids is 5.